The molecular formula is C24H19F3N4O3S. The molecule has 0 saturated heterocycles. The maximum absolute atomic E-state index is 12.9. The maximum atomic E-state index is 12.9. The van der Waals surface area contributed by atoms with Crippen molar-refractivity contribution >= 4 is 23.4 Å². The zero-order valence-electron chi connectivity index (χ0n) is 18.3. The molecule has 2 heterocycles. The van der Waals surface area contributed by atoms with Crippen molar-refractivity contribution < 1.29 is 23.1 Å². The van der Waals surface area contributed by atoms with Gasteiger partial charge in [-0.3, -0.25) is 14.3 Å². The van der Waals surface area contributed by atoms with E-state index in [2.05, 4.69) is 4.98 Å². The van der Waals surface area contributed by atoms with Gasteiger partial charge in [0.25, 0.3) is 5.91 Å². The van der Waals surface area contributed by atoms with Crippen LogP contribution in [0.2, 0.25) is 0 Å². The van der Waals surface area contributed by atoms with Gasteiger partial charge in [-0.25, -0.2) is 9.36 Å². The second-order valence-corrected chi connectivity index (χ2v) is 8.66. The number of thioether (sulfide) groups is 1. The molecule has 0 fully saturated rings. The number of halogens is 3. The molecule has 0 aliphatic carbocycles. The molecule has 1 N–H and O–H groups in total. The second kappa shape index (κ2) is 9.71. The summed E-state index contributed by atoms with van der Waals surface area (Å²) in [6.07, 6.45) is 2.68. The molecule has 1 amide bonds. The third-order valence-electron chi connectivity index (χ3n) is 5.11. The van der Waals surface area contributed by atoms with Gasteiger partial charge in [0.2, 0.25) is 5.88 Å². The van der Waals surface area contributed by atoms with Crippen molar-refractivity contribution in [3.8, 4) is 11.6 Å². The molecule has 2 aromatic carbocycles. The molecule has 7 nitrogen and oxygen atoms in total. The Labute approximate surface area is 202 Å². The lowest BCUT2D eigenvalue weighted by Gasteiger charge is -2.17. The van der Waals surface area contributed by atoms with Crippen molar-refractivity contribution in [3.63, 3.8) is 0 Å². The number of benzene rings is 2. The van der Waals surface area contributed by atoms with Crippen LogP contribution in [0.1, 0.15) is 16.1 Å². The predicted octanol–water partition coefficient (Wildman–Crippen LogP) is 4.68. The smallest absolute Gasteiger partial charge is 0.446 e. The van der Waals surface area contributed by atoms with Gasteiger partial charge in [0, 0.05) is 23.8 Å². The first-order valence-corrected chi connectivity index (χ1v) is 11.1. The van der Waals surface area contributed by atoms with E-state index in [1.165, 1.54) is 46.1 Å². The normalized spacial score (nSPS) is 11.4. The van der Waals surface area contributed by atoms with Gasteiger partial charge in [-0.1, -0.05) is 18.2 Å². The van der Waals surface area contributed by atoms with E-state index in [1.807, 2.05) is 18.2 Å². The lowest BCUT2D eigenvalue weighted by atomic mass is 10.2. The number of amides is 1. The maximum Gasteiger partial charge on any atom is 0.446 e. The van der Waals surface area contributed by atoms with E-state index >= 15 is 0 Å². The van der Waals surface area contributed by atoms with Crippen LogP contribution < -0.4 is 10.6 Å². The Hall–Kier alpha value is -3.99. The number of para-hydroxylation sites is 1. The lowest BCUT2D eigenvalue weighted by Crippen LogP contribution is -2.27. The Kier molecular flexibility index (Phi) is 6.70. The quantitative estimate of drug-likeness (QED) is 0.389. The lowest BCUT2D eigenvalue weighted by molar-refractivity contribution is -0.0328. The summed E-state index contributed by atoms with van der Waals surface area (Å²) in [5.41, 5.74) is -3.32. The van der Waals surface area contributed by atoms with Crippen LogP contribution in [0.3, 0.4) is 0 Å². The zero-order valence-corrected chi connectivity index (χ0v) is 19.1. The summed E-state index contributed by atoms with van der Waals surface area (Å²) in [4.78, 5) is 31.3. The minimum absolute atomic E-state index is 0.0392. The fourth-order valence-electron chi connectivity index (χ4n) is 3.46. The van der Waals surface area contributed by atoms with E-state index in [4.69, 9.17) is 0 Å². The summed E-state index contributed by atoms with van der Waals surface area (Å²) in [5.74, 6) is -0.706. The number of imidazole rings is 1. The minimum Gasteiger partial charge on any atom is -0.493 e. The number of rotatable bonds is 6. The van der Waals surface area contributed by atoms with Gasteiger partial charge >= 0.3 is 11.2 Å². The average molecular weight is 501 g/mol. The molecule has 35 heavy (non-hydrogen) atoms. The summed E-state index contributed by atoms with van der Waals surface area (Å²) in [7, 11) is 1.63. The highest BCUT2D eigenvalue weighted by atomic mass is 32.2. The average Bonchev–Trinajstić information content (AvgIpc) is 3.11. The van der Waals surface area contributed by atoms with Crippen LogP contribution in [0.15, 0.2) is 88.8 Å². The molecule has 4 rings (SSSR count). The van der Waals surface area contributed by atoms with Gasteiger partial charge in [0.1, 0.15) is 5.69 Å². The van der Waals surface area contributed by atoms with Crippen LogP contribution >= 0.6 is 11.8 Å². The molecule has 2 aromatic heterocycles. The number of pyridine rings is 1. The van der Waals surface area contributed by atoms with Gasteiger partial charge in [0.15, 0.2) is 0 Å². The van der Waals surface area contributed by atoms with Gasteiger partial charge < -0.3 is 10.0 Å². The Bertz CT molecular complexity index is 1400. The highest BCUT2D eigenvalue weighted by molar-refractivity contribution is 8.00. The number of aromatic nitrogens is 3. The van der Waals surface area contributed by atoms with Gasteiger partial charge in [-0.15, -0.1) is 0 Å². The van der Waals surface area contributed by atoms with Crippen LogP contribution in [-0.2, 0) is 6.54 Å². The molecule has 4 aromatic rings. The number of alkyl halides is 3. The van der Waals surface area contributed by atoms with Crippen molar-refractivity contribution in [1.82, 2.24) is 14.1 Å². The molecule has 0 unspecified atom stereocenters. The van der Waals surface area contributed by atoms with Crippen molar-refractivity contribution in [2.75, 3.05) is 11.9 Å². The molecular weight excluding hydrogens is 481 g/mol. The Balaban J connectivity index is 1.56. The van der Waals surface area contributed by atoms with Crippen molar-refractivity contribution in [2.45, 2.75) is 16.9 Å². The molecule has 0 aliphatic heterocycles. The van der Waals surface area contributed by atoms with E-state index in [0.717, 1.165) is 4.57 Å². The van der Waals surface area contributed by atoms with Crippen LogP contribution in [-0.4, -0.2) is 37.7 Å². The first-order valence-electron chi connectivity index (χ1n) is 10.3. The number of hydrogen-bond acceptors (Lipinski definition) is 5. The van der Waals surface area contributed by atoms with E-state index in [9.17, 15) is 27.9 Å². The number of hydrogen-bond donors (Lipinski definition) is 1. The number of carbonyl (C=O) groups is 1. The van der Waals surface area contributed by atoms with Gasteiger partial charge in [-0.05, 0) is 65.9 Å². The molecule has 11 heteroatoms. The first-order chi connectivity index (χ1) is 16.6. The monoisotopic (exact) mass is 500 g/mol. The minimum atomic E-state index is -4.43. The topological polar surface area (TPSA) is 80.4 Å². The first kappa shape index (κ1) is 24.1. The molecule has 0 aliphatic rings. The van der Waals surface area contributed by atoms with E-state index < -0.39 is 11.2 Å². The number of aromatic hydroxyl groups is 1. The van der Waals surface area contributed by atoms with Crippen LogP contribution in [0.25, 0.3) is 5.69 Å². The molecule has 0 atom stereocenters. The third kappa shape index (κ3) is 5.57. The third-order valence-corrected chi connectivity index (χ3v) is 5.85. The summed E-state index contributed by atoms with van der Waals surface area (Å²) in [6, 6.07) is 17.4. The van der Waals surface area contributed by atoms with Crippen molar-refractivity contribution in [1.29, 1.82) is 0 Å². The van der Waals surface area contributed by atoms with Crippen LogP contribution in [0.4, 0.5) is 18.9 Å². The van der Waals surface area contributed by atoms with Crippen LogP contribution in [0.5, 0.6) is 5.88 Å². The summed E-state index contributed by atoms with van der Waals surface area (Å²) >= 11 is -0.268. The highest BCUT2D eigenvalue weighted by Crippen LogP contribution is 2.37. The fraction of sp³-hybridized carbons (Fsp3) is 0.125. The van der Waals surface area contributed by atoms with Gasteiger partial charge in [-0.2, -0.15) is 13.2 Å². The zero-order chi connectivity index (χ0) is 25.2. The number of nitrogens with zero attached hydrogens (tertiary/aromatic N) is 4. The Morgan fingerprint density at radius 1 is 1.09 bits per heavy atom. The van der Waals surface area contributed by atoms with E-state index in [1.54, 1.807) is 31.3 Å². The predicted molar refractivity (Wildman–Crippen MR) is 126 cm³/mol. The Morgan fingerprint density at radius 3 is 2.43 bits per heavy atom. The molecule has 0 saturated carbocycles. The Morgan fingerprint density at radius 2 is 1.77 bits per heavy atom. The molecule has 0 spiro atoms. The standard InChI is InChI=1S/C24H19F3N4O3S/c1-29(17-5-3-2-4-6-17)22(33)20-13-16(11-12-28-20)14-30-15-21(32)31(23(30)34)18-7-9-19(10-8-18)35-24(25,26)27/h2-13,15,32H,14H2,1H3. The fourth-order valence-corrected chi connectivity index (χ4v) is 4.00. The van der Waals surface area contributed by atoms with E-state index in [-0.39, 0.29) is 46.4 Å². The van der Waals surface area contributed by atoms with Crippen molar-refractivity contribution in [3.05, 3.63) is 101 Å². The summed E-state index contributed by atoms with van der Waals surface area (Å²) in [5, 5.41) is 10.3. The number of anilines is 1. The second-order valence-electron chi connectivity index (χ2n) is 7.52. The molecule has 180 valence electrons. The summed E-state index contributed by atoms with van der Waals surface area (Å²) in [6.45, 7) is 0.0409. The highest BCUT2D eigenvalue weighted by Gasteiger charge is 2.29. The van der Waals surface area contributed by atoms with Gasteiger partial charge in [0.05, 0.1) is 18.4 Å². The molecule has 0 radical (unpaired) electrons. The van der Waals surface area contributed by atoms with E-state index in [0.29, 0.717) is 11.3 Å². The largest absolute Gasteiger partial charge is 0.493 e. The summed E-state index contributed by atoms with van der Waals surface area (Å²) < 4.78 is 39.9. The van der Waals surface area contributed by atoms with Crippen molar-refractivity contribution in [2.24, 2.45) is 0 Å². The molecule has 0 bridgehead atoms. The van der Waals surface area contributed by atoms with Crippen LogP contribution in [0, 0.1) is 0 Å². The number of carbonyl (C=O) groups excluding carboxylic acids is 1. The SMILES string of the molecule is CN(C(=O)c1cc(Cn2cc(O)n(-c3ccc(SC(F)(F)F)cc3)c2=O)ccn1)c1ccccc1.